The van der Waals surface area contributed by atoms with Crippen LogP contribution in [0.4, 0.5) is 11.9 Å². The minimum atomic E-state index is 0.328. The lowest BCUT2D eigenvalue weighted by Crippen LogP contribution is -2.27. The van der Waals surface area contributed by atoms with Crippen LogP contribution in [-0.2, 0) is 0 Å². The molecule has 1 aliphatic heterocycles. The molecule has 20 heavy (non-hydrogen) atoms. The van der Waals surface area contributed by atoms with E-state index in [0.29, 0.717) is 23.9 Å². The molecular weight excluding hydrogens is 276 g/mol. The summed E-state index contributed by atoms with van der Waals surface area (Å²) >= 11 is 1.94. The largest absolute Gasteiger partial charge is 0.350 e. The highest BCUT2D eigenvalue weighted by Gasteiger charge is 2.16. The summed E-state index contributed by atoms with van der Waals surface area (Å²) in [5, 5.41) is 3.35. The molecular formula is C11H16N8S. The van der Waals surface area contributed by atoms with Gasteiger partial charge in [-0.3, -0.25) is 9.99 Å². The summed E-state index contributed by atoms with van der Waals surface area (Å²) in [6, 6.07) is 0.386. The molecule has 0 aliphatic carbocycles. The number of hydrogen-bond acceptors (Lipinski definition) is 8. The molecule has 0 aromatic carbocycles. The van der Waals surface area contributed by atoms with Crippen molar-refractivity contribution in [1.82, 2.24) is 24.5 Å². The molecule has 2 aromatic rings. The molecule has 9 heteroatoms. The first-order chi connectivity index (χ1) is 9.85. The monoisotopic (exact) mass is 292 g/mol. The van der Waals surface area contributed by atoms with Crippen LogP contribution in [0.3, 0.4) is 0 Å². The normalized spacial score (nSPS) is 18.8. The highest BCUT2D eigenvalue weighted by atomic mass is 32.2. The van der Waals surface area contributed by atoms with Gasteiger partial charge in [-0.1, -0.05) is 0 Å². The summed E-state index contributed by atoms with van der Waals surface area (Å²) in [5.41, 5.74) is 2.47. The van der Waals surface area contributed by atoms with Gasteiger partial charge in [-0.05, 0) is 18.6 Å². The van der Waals surface area contributed by atoms with Gasteiger partial charge in [0.1, 0.15) is 6.33 Å². The summed E-state index contributed by atoms with van der Waals surface area (Å²) in [5.74, 6) is 9.05. The van der Waals surface area contributed by atoms with Gasteiger partial charge < -0.3 is 5.32 Å². The second-order valence-electron chi connectivity index (χ2n) is 4.46. The van der Waals surface area contributed by atoms with Crippen LogP contribution >= 0.6 is 11.8 Å². The first kappa shape index (κ1) is 13.1. The van der Waals surface area contributed by atoms with Crippen LogP contribution < -0.4 is 16.6 Å². The lowest BCUT2D eigenvalue weighted by atomic mass is 10.2. The number of rotatable bonds is 4. The van der Waals surface area contributed by atoms with Crippen LogP contribution in [0.15, 0.2) is 18.7 Å². The third-order valence-corrected chi connectivity index (χ3v) is 4.20. The Hall–Kier alpha value is -1.87. The predicted molar refractivity (Wildman–Crippen MR) is 78.7 cm³/mol. The minimum Gasteiger partial charge on any atom is -0.350 e. The average molecular weight is 292 g/mol. The van der Waals surface area contributed by atoms with Crippen molar-refractivity contribution >= 4 is 23.7 Å². The Morgan fingerprint density at radius 1 is 1.30 bits per heavy atom. The maximum atomic E-state index is 5.41. The fourth-order valence-corrected chi connectivity index (χ4v) is 3.10. The third-order valence-electron chi connectivity index (χ3n) is 2.98. The Bertz CT molecular complexity index is 552. The number of thioether (sulfide) groups is 1. The Kier molecular flexibility index (Phi) is 3.97. The number of nitrogens with zero attached hydrogens (tertiary/aromatic N) is 5. The molecule has 106 valence electrons. The van der Waals surface area contributed by atoms with Gasteiger partial charge >= 0.3 is 0 Å². The maximum absolute atomic E-state index is 5.41. The quantitative estimate of drug-likeness (QED) is 0.557. The van der Waals surface area contributed by atoms with Crippen LogP contribution in [0.2, 0.25) is 0 Å². The maximum Gasteiger partial charge on any atom is 0.243 e. The minimum absolute atomic E-state index is 0.328. The van der Waals surface area contributed by atoms with Crippen LogP contribution in [0.1, 0.15) is 12.8 Å². The van der Waals surface area contributed by atoms with Gasteiger partial charge in [0.25, 0.3) is 0 Å². The number of imidazole rings is 1. The molecule has 0 amide bonds. The molecule has 1 atom stereocenters. The van der Waals surface area contributed by atoms with E-state index in [2.05, 4.69) is 30.7 Å². The summed E-state index contributed by atoms with van der Waals surface area (Å²) in [6.07, 6.45) is 7.42. The number of anilines is 2. The Morgan fingerprint density at radius 2 is 2.20 bits per heavy atom. The van der Waals surface area contributed by atoms with Crippen molar-refractivity contribution in [2.45, 2.75) is 18.9 Å². The number of nitrogen functional groups attached to an aromatic ring is 1. The second-order valence-corrected chi connectivity index (χ2v) is 5.61. The van der Waals surface area contributed by atoms with Crippen molar-refractivity contribution in [3.8, 4) is 5.95 Å². The highest BCUT2D eigenvalue weighted by Crippen LogP contribution is 2.20. The summed E-state index contributed by atoms with van der Waals surface area (Å²) in [4.78, 5) is 16.8. The molecule has 0 saturated carbocycles. The first-order valence-electron chi connectivity index (χ1n) is 6.40. The molecule has 0 spiro atoms. The van der Waals surface area contributed by atoms with E-state index in [-0.39, 0.29) is 0 Å². The summed E-state index contributed by atoms with van der Waals surface area (Å²) in [6.45, 7) is 0. The molecule has 3 rings (SSSR count). The van der Waals surface area contributed by atoms with Crippen molar-refractivity contribution in [2.24, 2.45) is 5.84 Å². The van der Waals surface area contributed by atoms with E-state index < -0.39 is 0 Å². The van der Waals surface area contributed by atoms with E-state index in [1.807, 2.05) is 11.8 Å². The summed E-state index contributed by atoms with van der Waals surface area (Å²) in [7, 11) is 0. The number of nitrogens with one attached hydrogen (secondary N) is 2. The fourth-order valence-electron chi connectivity index (χ4n) is 2.02. The highest BCUT2D eigenvalue weighted by molar-refractivity contribution is 7.99. The fraction of sp³-hybridized carbons (Fsp3) is 0.455. The van der Waals surface area contributed by atoms with Gasteiger partial charge in [0.2, 0.25) is 17.8 Å². The second kappa shape index (κ2) is 6.06. The van der Waals surface area contributed by atoms with E-state index >= 15 is 0 Å². The van der Waals surface area contributed by atoms with Crippen LogP contribution in [-0.4, -0.2) is 42.1 Å². The van der Waals surface area contributed by atoms with Gasteiger partial charge in [0.15, 0.2) is 0 Å². The lowest BCUT2D eigenvalue weighted by Gasteiger charge is -2.22. The van der Waals surface area contributed by atoms with Crippen LogP contribution in [0, 0.1) is 0 Å². The van der Waals surface area contributed by atoms with E-state index in [1.165, 1.54) is 12.2 Å². The van der Waals surface area contributed by atoms with Crippen LogP contribution in [0.25, 0.3) is 5.95 Å². The molecule has 1 saturated heterocycles. The molecule has 1 unspecified atom stereocenters. The van der Waals surface area contributed by atoms with Crippen molar-refractivity contribution in [1.29, 1.82) is 0 Å². The zero-order valence-electron chi connectivity index (χ0n) is 10.9. The smallest absolute Gasteiger partial charge is 0.243 e. The molecule has 1 aliphatic rings. The molecule has 4 N–H and O–H groups in total. The molecule has 0 radical (unpaired) electrons. The molecule has 1 fully saturated rings. The van der Waals surface area contributed by atoms with Crippen molar-refractivity contribution in [3.05, 3.63) is 18.7 Å². The number of hydrazine groups is 1. The van der Waals surface area contributed by atoms with Crippen LogP contribution in [0.5, 0.6) is 0 Å². The van der Waals surface area contributed by atoms with E-state index in [4.69, 9.17) is 5.84 Å². The van der Waals surface area contributed by atoms with Gasteiger partial charge in [-0.15, -0.1) is 0 Å². The Labute approximate surface area is 120 Å². The lowest BCUT2D eigenvalue weighted by molar-refractivity contribution is 0.677. The molecule has 3 heterocycles. The van der Waals surface area contributed by atoms with Gasteiger partial charge in [0, 0.05) is 24.2 Å². The molecule has 8 nitrogen and oxygen atoms in total. The Balaban J connectivity index is 1.84. The van der Waals surface area contributed by atoms with E-state index in [1.54, 1.807) is 23.3 Å². The van der Waals surface area contributed by atoms with E-state index in [0.717, 1.165) is 12.2 Å². The molecule has 0 bridgehead atoms. The topological polar surface area (TPSA) is 107 Å². The predicted octanol–water partition coefficient (Wildman–Crippen LogP) is 0.650. The average Bonchev–Trinajstić information content (AvgIpc) is 3.02. The van der Waals surface area contributed by atoms with Gasteiger partial charge in [0.05, 0.1) is 0 Å². The van der Waals surface area contributed by atoms with Gasteiger partial charge in [-0.2, -0.15) is 26.7 Å². The summed E-state index contributed by atoms with van der Waals surface area (Å²) < 4.78 is 1.71. The standard InChI is InChI=1S/C11H16N8S/c12-18-10-15-9(14-8-2-1-5-20-6-8)16-11(17-10)19-4-3-13-7-19/h3-4,7-8H,1-2,5-6,12H2,(H2,14,15,16,17,18). The molecule has 2 aromatic heterocycles. The zero-order valence-corrected chi connectivity index (χ0v) is 11.7. The first-order valence-corrected chi connectivity index (χ1v) is 7.56. The van der Waals surface area contributed by atoms with Gasteiger partial charge in [-0.25, -0.2) is 10.8 Å². The number of nitrogens with two attached hydrogens (primary N) is 1. The third kappa shape index (κ3) is 2.99. The number of hydrogen-bond donors (Lipinski definition) is 3. The number of aromatic nitrogens is 5. The van der Waals surface area contributed by atoms with Crippen molar-refractivity contribution in [2.75, 3.05) is 22.2 Å². The van der Waals surface area contributed by atoms with E-state index in [9.17, 15) is 0 Å². The zero-order chi connectivity index (χ0) is 13.8. The van der Waals surface area contributed by atoms with Crippen molar-refractivity contribution < 1.29 is 0 Å². The Morgan fingerprint density at radius 3 is 2.90 bits per heavy atom. The SMILES string of the molecule is NNc1nc(NC2CCCSC2)nc(-n2ccnc2)n1. The van der Waals surface area contributed by atoms with Crippen molar-refractivity contribution in [3.63, 3.8) is 0 Å².